The van der Waals surface area contributed by atoms with E-state index in [1.807, 2.05) is 24.3 Å². The van der Waals surface area contributed by atoms with E-state index in [2.05, 4.69) is 31.0 Å². The maximum Gasteiger partial charge on any atom is 0.293 e. The minimum atomic E-state index is -0.480. The van der Waals surface area contributed by atoms with Crippen molar-refractivity contribution in [3.05, 3.63) is 58.1 Å². The normalized spacial score (nSPS) is 10.6. The van der Waals surface area contributed by atoms with Crippen LogP contribution in [0, 0.1) is 10.1 Å². The predicted molar refractivity (Wildman–Crippen MR) is 110 cm³/mol. The van der Waals surface area contributed by atoms with Crippen LogP contribution in [0.25, 0.3) is 0 Å². The van der Waals surface area contributed by atoms with Gasteiger partial charge in [-0.15, -0.1) is 0 Å². The van der Waals surface area contributed by atoms with Crippen LogP contribution < -0.4 is 15.1 Å². The lowest BCUT2D eigenvalue weighted by Gasteiger charge is -2.27. The zero-order valence-electron chi connectivity index (χ0n) is 16.4. The number of hydrogen-bond donors (Lipinski definition) is 1. The predicted octanol–water partition coefficient (Wildman–Crippen LogP) is 4.15. The average molecular weight is 370 g/mol. The second-order valence-electron chi connectivity index (χ2n) is 6.74. The molecule has 0 atom stereocenters. The molecule has 0 spiro atoms. The molecular formula is C20H26N4O3. The van der Waals surface area contributed by atoms with E-state index in [4.69, 9.17) is 0 Å². The average Bonchev–Trinajstić information content (AvgIpc) is 2.62. The van der Waals surface area contributed by atoms with Crippen LogP contribution in [0.1, 0.15) is 31.1 Å². The molecule has 0 heterocycles. The Bertz CT molecular complexity index is 816. The number of anilines is 3. The summed E-state index contributed by atoms with van der Waals surface area (Å²) in [4.78, 5) is 27.2. The number of carbonyl (C=O) groups is 1. The molecular weight excluding hydrogens is 344 g/mol. The fourth-order valence-corrected chi connectivity index (χ4v) is 2.97. The lowest BCUT2D eigenvalue weighted by molar-refractivity contribution is -0.384. The molecule has 144 valence electrons. The van der Waals surface area contributed by atoms with Crippen molar-refractivity contribution in [2.24, 2.45) is 0 Å². The van der Waals surface area contributed by atoms with Crippen LogP contribution in [0.2, 0.25) is 0 Å². The van der Waals surface area contributed by atoms with E-state index in [-0.39, 0.29) is 17.2 Å². The number of nitrogens with one attached hydrogen (secondary N) is 1. The minimum Gasteiger partial charge on any atom is -0.372 e. The van der Waals surface area contributed by atoms with E-state index in [1.54, 1.807) is 31.1 Å². The highest BCUT2D eigenvalue weighted by Crippen LogP contribution is 2.28. The van der Waals surface area contributed by atoms with E-state index >= 15 is 0 Å². The van der Waals surface area contributed by atoms with Gasteiger partial charge in [-0.2, -0.15) is 0 Å². The van der Waals surface area contributed by atoms with Gasteiger partial charge in [0.05, 0.1) is 4.92 Å². The molecule has 0 saturated heterocycles. The molecule has 0 unspecified atom stereocenters. The summed E-state index contributed by atoms with van der Waals surface area (Å²) in [6, 6.07) is 12.4. The van der Waals surface area contributed by atoms with Crippen LogP contribution in [-0.4, -0.2) is 37.5 Å². The Morgan fingerprint density at radius 1 is 1.15 bits per heavy atom. The molecule has 1 amide bonds. The van der Waals surface area contributed by atoms with Crippen LogP contribution in [-0.2, 0) is 0 Å². The number of nitro benzene ring substituents is 1. The third-order valence-electron chi connectivity index (χ3n) is 4.34. The molecule has 2 aromatic rings. The quantitative estimate of drug-likeness (QED) is 0.585. The van der Waals surface area contributed by atoms with Crippen molar-refractivity contribution >= 4 is 28.7 Å². The second kappa shape index (κ2) is 8.53. The zero-order chi connectivity index (χ0) is 20.1. The molecule has 1 N–H and O–H groups in total. The van der Waals surface area contributed by atoms with Gasteiger partial charge in [0, 0.05) is 49.7 Å². The lowest BCUT2D eigenvalue weighted by atomic mass is 10.1. The SMILES string of the molecule is CCN(c1ccc(NC(=O)c2ccc(N(C)C)c([N+](=O)[O-])c2)cc1)C(C)C. The smallest absolute Gasteiger partial charge is 0.293 e. The van der Waals surface area contributed by atoms with Gasteiger partial charge in [-0.1, -0.05) is 0 Å². The first-order valence-electron chi connectivity index (χ1n) is 8.88. The molecule has 0 fully saturated rings. The fourth-order valence-electron chi connectivity index (χ4n) is 2.97. The Balaban J connectivity index is 2.20. The molecule has 27 heavy (non-hydrogen) atoms. The highest BCUT2D eigenvalue weighted by molar-refractivity contribution is 6.05. The van der Waals surface area contributed by atoms with Crippen molar-refractivity contribution in [3.63, 3.8) is 0 Å². The number of amides is 1. The first kappa shape index (κ1) is 20.2. The first-order chi connectivity index (χ1) is 12.7. The molecule has 2 aromatic carbocycles. The molecule has 0 aliphatic rings. The maximum atomic E-state index is 12.5. The third-order valence-corrected chi connectivity index (χ3v) is 4.34. The number of hydrogen-bond acceptors (Lipinski definition) is 5. The van der Waals surface area contributed by atoms with Gasteiger partial charge in [0.15, 0.2) is 0 Å². The van der Waals surface area contributed by atoms with Crippen molar-refractivity contribution in [2.45, 2.75) is 26.8 Å². The van der Waals surface area contributed by atoms with Gasteiger partial charge in [0.1, 0.15) is 5.69 Å². The van der Waals surface area contributed by atoms with Gasteiger partial charge in [-0.25, -0.2) is 0 Å². The van der Waals surface area contributed by atoms with Gasteiger partial charge in [0.25, 0.3) is 11.6 Å². The molecule has 0 aromatic heterocycles. The van der Waals surface area contributed by atoms with Gasteiger partial charge in [-0.05, 0) is 57.2 Å². The van der Waals surface area contributed by atoms with Crippen molar-refractivity contribution in [3.8, 4) is 0 Å². The van der Waals surface area contributed by atoms with Crippen molar-refractivity contribution in [1.82, 2.24) is 0 Å². The van der Waals surface area contributed by atoms with E-state index in [0.717, 1.165) is 12.2 Å². The lowest BCUT2D eigenvalue weighted by Crippen LogP contribution is -2.30. The van der Waals surface area contributed by atoms with E-state index < -0.39 is 4.92 Å². The highest BCUT2D eigenvalue weighted by atomic mass is 16.6. The van der Waals surface area contributed by atoms with Crippen molar-refractivity contribution in [1.29, 1.82) is 0 Å². The van der Waals surface area contributed by atoms with Crippen LogP contribution >= 0.6 is 0 Å². The van der Waals surface area contributed by atoms with Gasteiger partial charge >= 0.3 is 0 Å². The number of rotatable bonds is 7. The zero-order valence-corrected chi connectivity index (χ0v) is 16.4. The van der Waals surface area contributed by atoms with E-state index in [1.165, 1.54) is 6.07 Å². The summed E-state index contributed by atoms with van der Waals surface area (Å²) in [5, 5.41) is 14.1. The monoisotopic (exact) mass is 370 g/mol. The van der Waals surface area contributed by atoms with Crippen molar-refractivity contribution < 1.29 is 9.72 Å². The van der Waals surface area contributed by atoms with Crippen LogP contribution in [0.5, 0.6) is 0 Å². The summed E-state index contributed by atoms with van der Waals surface area (Å²) in [7, 11) is 3.45. The summed E-state index contributed by atoms with van der Waals surface area (Å²) in [6.07, 6.45) is 0. The third kappa shape index (κ3) is 4.75. The molecule has 2 rings (SSSR count). The Hall–Kier alpha value is -3.09. The van der Waals surface area contributed by atoms with Gasteiger partial charge < -0.3 is 15.1 Å². The molecule has 0 aliphatic carbocycles. The Labute approximate surface area is 159 Å². The number of nitro groups is 1. The topological polar surface area (TPSA) is 78.7 Å². The largest absolute Gasteiger partial charge is 0.372 e. The van der Waals surface area contributed by atoms with Crippen molar-refractivity contribution in [2.75, 3.05) is 35.8 Å². The van der Waals surface area contributed by atoms with E-state index in [9.17, 15) is 14.9 Å². The van der Waals surface area contributed by atoms with Crippen LogP contribution in [0.3, 0.4) is 0 Å². The first-order valence-corrected chi connectivity index (χ1v) is 8.88. The summed E-state index contributed by atoms with van der Waals surface area (Å²) < 4.78 is 0. The molecule has 0 bridgehead atoms. The fraction of sp³-hybridized carbons (Fsp3) is 0.350. The molecule has 0 saturated carbocycles. The number of nitrogens with zero attached hydrogens (tertiary/aromatic N) is 3. The highest BCUT2D eigenvalue weighted by Gasteiger charge is 2.19. The summed E-state index contributed by atoms with van der Waals surface area (Å²) in [5.74, 6) is -0.382. The number of carbonyl (C=O) groups excluding carboxylic acids is 1. The Kier molecular flexibility index (Phi) is 6.39. The summed E-state index contributed by atoms with van der Waals surface area (Å²) in [6.45, 7) is 7.25. The summed E-state index contributed by atoms with van der Waals surface area (Å²) >= 11 is 0. The summed E-state index contributed by atoms with van der Waals surface area (Å²) in [5.41, 5.74) is 2.32. The van der Waals surface area contributed by atoms with E-state index in [0.29, 0.717) is 17.4 Å². The molecule has 7 heteroatoms. The van der Waals surface area contributed by atoms with Gasteiger partial charge in [-0.3, -0.25) is 14.9 Å². The standard InChI is InChI=1S/C20H26N4O3/c1-6-23(14(2)3)17-10-8-16(9-11-17)21-20(25)15-7-12-18(22(4)5)19(13-15)24(26)27/h7-14H,6H2,1-5H3,(H,21,25). The van der Waals surface area contributed by atoms with Gasteiger partial charge in [0.2, 0.25) is 0 Å². The Morgan fingerprint density at radius 2 is 1.78 bits per heavy atom. The Morgan fingerprint density at radius 3 is 2.26 bits per heavy atom. The van der Waals surface area contributed by atoms with Crippen LogP contribution in [0.15, 0.2) is 42.5 Å². The molecule has 0 radical (unpaired) electrons. The minimum absolute atomic E-state index is 0.0986. The number of benzene rings is 2. The van der Waals surface area contributed by atoms with Crippen LogP contribution in [0.4, 0.5) is 22.7 Å². The molecule has 7 nitrogen and oxygen atoms in total. The maximum absolute atomic E-state index is 12.5. The second-order valence-corrected chi connectivity index (χ2v) is 6.74. The molecule has 0 aliphatic heterocycles.